The van der Waals surface area contributed by atoms with E-state index in [0.29, 0.717) is 30.6 Å². The van der Waals surface area contributed by atoms with Crippen LogP contribution >= 0.6 is 0 Å². The van der Waals surface area contributed by atoms with Crippen molar-refractivity contribution in [1.82, 2.24) is 9.62 Å². The van der Waals surface area contributed by atoms with E-state index in [1.54, 1.807) is 0 Å². The largest absolute Gasteiger partial charge is 0.352 e. The first-order valence-electron chi connectivity index (χ1n) is 11.0. The maximum Gasteiger partial charge on any atom is 0.304 e. The maximum absolute atomic E-state index is 13.2. The highest BCUT2D eigenvalue weighted by molar-refractivity contribution is 7.90. The van der Waals surface area contributed by atoms with Crippen molar-refractivity contribution < 1.29 is 13.2 Å². The minimum atomic E-state index is -3.70. The molecule has 158 valence electrons. The van der Waals surface area contributed by atoms with Gasteiger partial charge in [-0.25, -0.2) is 0 Å². The number of nitrogens with zero attached hydrogens (tertiary/aromatic N) is 2. The molecule has 1 heterocycles. The average molecular weight is 418 g/mol. The highest BCUT2D eigenvalue weighted by Gasteiger charge is 2.49. The van der Waals surface area contributed by atoms with Crippen molar-refractivity contribution in [3.05, 3.63) is 30.3 Å². The first kappa shape index (κ1) is 19.4. The van der Waals surface area contributed by atoms with Crippen LogP contribution in [0.5, 0.6) is 0 Å². The Balaban J connectivity index is 1.28. The van der Waals surface area contributed by atoms with Gasteiger partial charge in [-0.1, -0.05) is 25.1 Å². The molecule has 4 aliphatic carbocycles. The molecule has 6 nitrogen and oxygen atoms in total. The Hall–Kier alpha value is -1.60. The molecule has 1 saturated heterocycles. The summed E-state index contributed by atoms with van der Waals surface area (Å²) in [6.07, 6.45) is 6.32. The number of hydrogen-bond acceptors (Lipinski definition) is 3. The van der Waals surface area contributed by atoms with Crippen LogP contribution in [0, 0.1) is 29.6 Å². The molecule has 5 aliphatic rings. The molecule has 7 heteroatoms. The van der Waals surface area contributed by atoms with Crippen LogP contribution in [0.15, 0.2) is 30.3 Å². The second kappa shape index (κ2) is 7.27. The standard InChI is InChI=1S/C22H31N3O3S/c1-15-12-24(29(27,28)25(13-15)20-5-3-2-4-6-20)14-21(26)23-22-18-8-16-7-17(10-18)11-19(22)9-16/h2-6,15-19,22H,7-14H2,1H3,(H,23,26). The Morgan fingerprint density at radius 1 is 1.00 bits per heavy atom. The third-order valence-electron chi connectivity index (χ3n) is 7.52. The molecule has 1 unspecified atom stereocenters. The number of benzene rings is 1. The molecule has 5 fully saturated rings. The topological polar surface area (TPSA) is 69.7 Å². The fourth-order valence-corrected chi connectivity index (χ4v) is 8.38. The van der Waals surface area contributed by atoms with Gasteiger partial charge in [-0.2, -0.15) is 12.7 Å². The lowest BCUT2D eigenvalue weighted by Gasteiger charge is -2.54. The van der Waals surface area contributed by atoms with Crippen LogP contribution in [0.2, 0.25) is 0 Å². The van der Waals surface area contributed by atoms with Gasteiger partial charge in [0.15, 0.2) is 0 Å². The zero-order chi connectivity index (χ0) is 20.2. The molecule has 1 amide bonds. The number of anilines is 1. The van der Waals surface area contributed by atoms with Gasteiger partial charge in [-0.3, -0.25) is 9.10 Å². The lowest BCUT2D eigenvalue weighted by Crippen LogP contribution is -2.59. The smallest absolute Gasteiger partial charge is 0.304 e. The number of amides is 1. The van der Waals surface area contributed by atoms with Gasteiger partial charge in [0.05, 0.1) is 12.2 Å². The van der Waals surface area contributed by atoms with E-state index in [1.807, 2.05) is 37.3 Å². The van der Waals surface area contributed by atoms with Gasteiger partial charge in [-0.15, -0.1) is 0 Å². The number of nitrogens with one attached hydrogen (secondary N) is 1. The fourth-order valence-electron chi connectivity index (χ4n) is 6.55. The lowest BCUT2D eigenvalue weighted by atomic mass is 9.54. The molecule has 4 bridgehead atoms. The van der Waals surface area contributed by atoms with Gasteiger partial charge in [0.2, 0.25) is 5.91 Å². The summed E-state index contributed by atoms with van der Waals surface area (Å²) in [7, 11) is -3.70. The number of carbonyl (C=O) groups excluding carboxylic acids is 1. The van der Waals surface area contributed by atoms with Crippen molar-refractivity contribution in [1.29, 1.82) is 0 Å². The molecule has 29 heavy (non-hydrogen) atoms. The molecule has 0 aromatic heterocycles. The van der Waals surface area contributed by atoms with Crippen molar-refractivity contribution in [2.75, 3.05) is 23.9 Å². The molecule has 1 aromatic carbocycles. The van der Waals surface area contributed by atoms with E-state index in [2.05, 4.69) is 5.32 Å². The second-order valence-corrected chi connectivity index (χ2v) is 11.6. The third kappa shape index (κ3) is 3.56. The minimum absolute atomic E-state index is 0.0845. The van der Waals surface area contributed by atoms with E-state index in [1.165, 1.54) is 40.7 Å². The van der Waals surface area contributed by atoms with E-state index >= 15 is 0 Å². The summed E-state index contributed by atoms with van der Waals surface area (Å²) in [6.45, 7) is 2.78. The molecular weight excluding hydrogens is 386 g/mol. The van der Waals surface area contributed by atoms with Crippen molar-refractivity contribution in [3.63, 3.8) is 0 Å². The van der Waals surface area contributed by atoms with Crippen LogP contribution in [-0.2, 0) is 15.0 Å². The van der Waals surface area contributed by atoms with E-state index in [-0.39, 0.29) is 24.4 Å². The Morgan fingerprint density at radius 2 is 1.62 bits per heavy atom. The zero-order valence-corrected chi connectivity index (χ0v) is 17.9. The van der Waals surface area contributed by atoms with Crippen LogP contribution in [0.4, 0.5) is 5.69 Å². The third-order valence-corrected chi connectivity index (χ3v) is 9.36. The predicted octanol–water partition coefficient (Wildman–Crippen LogP) is 2.63. The molecule has 1 aromatic rings. The van der Waals surface area contributed by atoms with Crippen molar-refractivity contribution >= 4 is 21.8 Å². The molecule has 1 aliphatic heterocycles. The van der Waals surface area contributed by atoms with E-state index in [0.717, 1.165) is 11.8 Å². The number of para-hydroxylation sites is 1. The summed E-state index contributed by atoms with van der Waals surface area (Å²) < 4.78 is 29.2. The van der Waals surface area contributed by atoms with Crippen LogP contribution in [0.3, 0.4) is 0 Å². The van der Waals surface area contributed by atoms with E-state index < -0.39 is 10.2 Å². The predicted molar refractivity (Wildman–Crippen MR) is 112 cm³/mol. The second-order valence-electron chi connectivity index (χ2n) is 9.80. The van der Waals surface area contributed by atoms with Crippen LogP contribution < -0.4 is 9.62 Å². The van der Waals surface area contributed by atoms with E-state index in [9.17, 15) is 13.2 Å². The Kier molecular flexibility index (Phi) is 4.86. The van der Waals surface area contributed by atoms with Crippen LogP contribution in [0.25, 0.3) is 0 Å². The quantitative estimate of drug-likeness (QED) is 0.819. The molecular formula is C22H31N3O3S. The molecule has 0 radical (unpaired) electrons. The average Bonchev–Trinajstić information content (AvgIpc) is 2.67. The highest BCUT2D eigenvalue weighted by atomic mass is 32.2. The minimum Gasteiger partial charge on any atom is -0.352 e. The first-order valence-corrected chi connectivity index (χ1v) is 12.4. The summed E-state index contributed by atoms with van der Waals surface area (Å²) in [4.78, 5) is 12.9. The fraction of sp³-hybridized carbons (Fsp3) is 0.682. The zero-order valence-electron chi connectivity index (χ0n) is 17.0. The first-order chi connectivity index (χ1) is 13.9. The highest BCUT2D eigenvalue weighted by Crippen LogP contribution is 2.53. The van der Waals surface area contributed by atoms with Crippen LogP contribution in [0.1, 0.15) is 39.0 Å². The molecule has 6 rings (SSSR count). The van der Waals surface area contributed by atoms with E-state index in [4.69, 9.17) is 0 Å². The van der Waals surface area contributed by atoms with Gasteiger partial charge in [0, 0.05) is 19.1 Å². The Labute approximate surface area is 173 Å². The Morgan fingerprint density at radius 3 is 2.24 bits per heavy atom. The summed E-state index contributed by atoms with van der Waals surface area (Å²) >= 11 is 0. The van der Waals surface area contributed by atoms with Crippen molar-refractivity contribution in [3.8, 4) is 0 Å². The number of carbonyl (C=O) groups is 1. The molecule has 4 saturated carbocycles. The molecule has 1 N–H and O–H groups in total. The SMILES string of the molecule is CC1CN(CC(=O)NC2C3CC4CC(C3)CC2C4)S(=O)(=O)N(c2ccccc2)C1. The summed E-state index contributed by atoms with van der Waals surface area (Å²) in [5, 5.41) is 3.25. The lowest BCUT2D eigenvalue weighted by molar-refractivity contribution is -0.125. The molecule has 0 spiro atoms. The summed E-state index contributed by atoms with van der Waals surface area (Å²) in [6, 6.07) is 9.41. The molecule has 1 atom stereocenters. The van der Waals surface area contributed by atoms with Gasteiger partial charge in [0.1, 0.15) is 0 Å². The number of rotatable bonds is 4. The van der Waals surface area contributed by atoms with Crippen molar-refractivity contribution in [2.45, 2.75) is 45.1 Å². The maximum atomic E-state index is 13.2. The van der Waals surface area contributed by atoms with Crippen molar-refractivity contribution in [2.24, 2.45) is 29.6 Å². The van der Waals surface area contributed by atoms with Gasteiger partial charge >= 0.3 is 10.2 Å². The monoisotopic (exact) mass is 417 g/mol. The van der Waals surface area contributed by atoms with Gasteiger partial charge < -0.3 is 5.32 Å². The number of hydrogen-bond donors (Lipinski definition) is 1. The summed E-state index contributed by atoms with van der Waals surface area (Å²) in [5.74, 6) is 2.91. The summed E-state index contributed by atoms with van der Waals surface area (Å²) in [5.41, 5.74) is 0.658. The van der Waals surface area contributed by atoms with Gasteiger partial charge in [0.25, 0.3) is 0 Å². The van der Waals surface area contributed by atoms with Gasteiger partial charge in [-0.05, 0) is 73.8 Å². The Bertz CT molecular complexity index is 845. The van der Waals surface area contributed by atoms with Crippen LogP contribution in [-0.4, -0.2) is 44.3 Å². The normalized spacial score (nSPS) is 38.2.